The van der Waals surface area contributed by atoms with E-state index in [0.717, 1.165) is 12.8 Å². The van der Waals surface area contributed by atoms with Gasteiger partial charge in [-0.15, -0.1) is 0 Å². The van der Waals surface area contributed by atoms with Crippen molar-refractivity contribution in [2.75, 3.05) is 6.61 Å². The van der Waals surface area contributed by atoms with E-state index in [9.17, 15) is 4.79 Å². The number of rotatable bonds is 0. The van der Waals surface area contributed by atoms with Gasteiger partial charge >= 0.3 is 0 Å². The minimum atomic E-state index is -1.08. The normalized spacial score (nSPS) is 59.2. The second-order valence-electron chi connectivity index (χ2n) is 5.31. The van der Waals surface area contributed by atoms with Crippen LogP contribution in [0.2, 0.25) is 0 Å². The second-order valence-corrected chi connectivity index (χ2v) is 5.31. The summed E-state index contributed by atoms with van der Waals surface area (Å²) >= 11 is 0. The van der Waals surface area contributed by atoms with Gasteiger partial charge in [0.1, 0.15) is 6.07 Å². The van der Waals surface area contributed by atoms with Crippen LogP contribution in [0.3, 0.4) is 0 Å². The molecule has 4 bridgehead atoms. The highest BCUT2D eigenvalue weighted by molar-refractivity contribution is 6.00. The van der Waals surface area contributed by atoms with Crippen LogP contribution >= 0.6 is 0 Å². The molecule has 14 heavy (non-hydrogen) atoms. The van der Waals surface area contributed by atoms with Crippen LogP contribution < -0.4 is 0 Å². The van der Waals surface area contributed by atoms with Gasteiger partial charge in [0.25, 0.3) is 0 Å². The summed E-state index contributed by atoms with van der Waals surface area (Å²) in [6, 6.07) is 2.13. The number of hydrogen-bond acceptors (Lipinski definition) is 3. The van der Waals surface area contributed by atoms with E-state index in [2.05, 4.69) is 13.0 Å². The van der Waals surface area contributed by atoms with Crippen molar-refractivity contribution in [2.45, 2.75) is 32.3 Å². The molecule has 0 spiro atoms. The molecular formula is C11H13NO2. The van der Waals surface area contributed by atoms with Crippen LogP contribution in [0.5, 0.6) is 0 Å². The van der Waals surface area contributed by atoms with Crippen LogP contribution in [0.1, 0.15) is 26.7 Å². The summed E-state index contributed by atoms with van der Waals surface area (Å²) in [4.78, 5) is 12.2. The van der Waals surface area contributed by atoms with Crippen molar-refractivity contribution in [1.29, 1.82) is 5.26 Å². The maximum absolute atomic E-state index is 12.2. The summed E-state index contributed by atoms with van der Waals surface area (Å²) in [5, 5.41) is 9.17. The fourth-order valence-electron chi connectivity index (χ4n) is 3.87. The number of nitriles is 1. The first-order valence-corrected chi connectivity index (χ1v) is 5.11. The molecule has 0 aromatic heterocycles. The van der Waals surface area contributed by atoms with Crippen molar-refractivity contribution in [3.8, 4) is 6.07 Å². The lowest BCUT2D eigenvalue weighted by atomic mass is 9.69. The summed E-state index contributed by atoms with van der Waals surface area (Å²) in [5.74, 6) is 0.176. The largest absolute Gasteiger partial charge is 0.352 e. The van der Waals surface area contributed by atoms with Gasteiger partial charge in [0.2, 0.25) is 5.60 Å². The molecule has 0 aromatic carbocycles. The van der Waals surface area contributed by atoms with Crippen molar-refractivity contribution < 1.29 is 9.53 Å². The molecule has 1 heterocycles. The van der Waals surface area contributed by atoms with Crippen LogP contribution in [0, 0.1) is 28.1 Å². The number of ether oxygens (including phenoxy) is 1. The zero-order valence-corrected chi connectivity index (χ0v) is 8.46. The zero-order valence-electron chi connectivity index (χ0n) is 8.46. The highest BCUT2D eigenvalue weighted by atomic mass is 16.5. The van der Waals surface area contributed by atoms with Crippen LogP contribution in [-0.2, 0) is 9.53 Å². The van der Waals surface area contributed by atoms with Gasteiger partial charge < -0.3 is 4.74 Å². The highest BCUT2D eigenvalue weighted by Crippen LogP contribution is 2.71. The van der Waals surface area contributed by atoms with Gasteiger partial charge in [-0.25, -0.2) is 0 Å². The van der Waals surface area contributed by atoms with E-state index in [1.54, 1.807) is 0 Å². The van der Waals surface area contributed by atoms with Gasteiger partial charge in [-0.2, -0.15) is 5.26 Å². The molecule has 3 aliphatic rings. The first kappa shape index (κ1) is 8.43. The molecule has 3 heteroatoms. The Morgan fingerprint density at radius 1 is 1.57 bits per heavy atom. The topological polar surface area (TPSA) is 50.1 Å². The van der Waals surface area contributed by atoms with Gasteiger partial charge in [-0.3, -0.25) is 4.79 Å². The molecule has 0 N–H and O–H groups in total. The fraction of sp³-hybridized carbons (Fsp3) is 0.818. The average molecular weight is 191 g/mol. The van der Waals surface area contributed by atoms with E-state index in [0.29, 0.717) is 6.61 Å². The number of ketones is 1. The molecule has 0 aromatic rings. The van der Waals surface area contributed by atoms with Crippen molar-refractivity contribution in [3.05, 3.63) is 0 Å². The average Bonchev–Trinajstić information content (AvgIpc) is 2.65. The Bertz CT molecular complexity index is 385. The van der Waals surface area contributed by atoms with E-state index in [-0.39, 0.29) is 22.5 Å². The van der Waals surface area contributed by atoms with Gasteiger partial charge in [0, 0.05) is 16.7 Å². The smallest absolute Gasteiger partial charge is 0.216 e. The lowest BCUT2D eigenvalue weighted by molar-refractivity contribution is -0.154. The van der Waals surface area contributed by atoms with Crippen molar-refractivity contribution in [3.63, 3.8) is 0 Å². The number of hydrogen-bond donors (Lipinski definition) is 0. The standard InChI is InChI=1S/C11H13NO2/c1-9-4-3-7-10(9,2)6-14-11(7,5-12)8(9)13/h7H,3-4,6H2,1-2H3/t7-,9+,10-,11-/m0/s1. The van der Waals surface area contributed by atoms with Gasteiger partial charge in [0.15, 0.2) is 5.78 Å². The Hall–Kier alpha value is -0.880. The van der Waals surface area contributed by atoms with Crippen LogP contribution in [-0.4, -0.2) is 18.0 Å². The van der Waals surface area contributed by atoms with E-state index >= 15 is 0 Å². The molecule has 1 aliphatic heterocycles. The van der Waals surface area contributed by atoms with Gasteiger partial charge in [-0.1, -0.05) is 13.8 Å². The highest BCUT2D eigenvalue weighted by Gasteiger charge is 2.80. The SMILES string of the molecule is C[C@@]12CO[C@]3(C#N)C(=O)[C@@]1(C)CC[C@@H]23. The third kappa shape index (κ3) is 0.492. The first-order valence-electron chi connectivity index (χ1n) is 5.11. The molecule has 0 unspecified atom stereocenters. The van der Waals surface area contributed by atoms with Gasteiger partial charge in [0.05, 0.1) is 6.61 Å². The molecule has 0 radical (unpaired) electrons. The van der Waals surface area contributed by atoms with E-state index < -0.39 is 5.60 Å². The minimum absolute atomic E-state index is 0.0394. The lowest BCUT2D eigenvalue weighted by Gasteiger charge is -2.38. The third-order valence-corrected chi connectivity index (χ3v) is 5.06. The fourth-order valence-corrected chi connectivity index (χ4v) is 3.87. The summed E-state index contributed by atoms with van der Waals surface area (Å²) in [6.45, 7) is 4.69. The Morgan fingerprint density at radius 2 is 2.29 bits per heavy atom. The quantitative estimate of drug-likeness (QED) is 0.579. The molecule has 3 fully saturated rings. The van der Waals surface area contributed by atoms with E-state index in [1.165, 1.54) is 0 Å². The summed E-state index contributed by atoms with van der Waals surface area (Å²) in [5.41, 5.74) is -1.47. The zero-order chi connectivity index (χ0) is 10.2. The van der Waals surface area contributed by atoms with E-state index in [4.69, 9.17) is 10.00 Å². The van der Waals surface area contributed by atoms with Crippen molar-refractivity contribution in [2.24, 2.45) is 16.7 Å². The van der Waals surface area contributed by atoms with E-state index in [1.807, 2.05) is 6.92 Å². The maximum atomic E-state index is 12.2. The summed E-state index contributed by atoms with van der Waals surface area (Å²) < 4.78 is 5.49. The molecular weight excluding hydrogens is 178 g/mol. The lowest BCUT2D eigenvalue weighted by Crippen LogP contribution is -2.50. The molecule has 3 nitrogen and oxygen atoms in total. The molecule has 0 amide bonds. The number of carbonyl (C=O) groups excluding carboxylic acids is 1. The molecule has 1 saturated heterocycles. The Morgan fingerprint density at radius 3 is 2.71 bits per heavy atom. The van der Waals surface area contributed by atoms with Crippen molar-refractivity contribution >= 4 is 5.78 Å². The number of nitrogens with zero attached hydrogens (tertiary/aromatic N) is 1. The Balaban J connectivity index is 2.27. The molecule has 4 atom stereocenters. The predicted octanol–water partition coefficient (Wildman–Crippen LogP) is 1.28. The second kappa shape index (κ2) is 1.90. The maximum Gasteiger partial charge on any atom is 0.216 e. The molecule has 74 valence electrons. The van der Waals surface area contributed by atoms with Crippen LogP contribution in [0.25, 0.3) is 0 Å². The Labute approximate surface area is 83.0 Å². The summed E-state index contributed by atoms with van der Waals surface area (Å²) in [7, 11) is 0. The predicted molar refractivity (Wildman–Crippen MR) is 48.2 cm³/mol. The molecule has 2 aliphatic carbocycles. The first-order chi connectivity index (χ1) is 6.51. The number of Topliss-reactive ketones (excluding diaryl/α,β-unsaturated/α-hetero) is 1. The van der Waals surface area contributed by atoms with Crippen LogP contribution in [0.4, 0.5) is 0 Å². The Kier molecular flexibility index (Phi) is 1.14. The number of carbonyl (C=O) groups is 1. The molecule has 3 rings (SSSR count). The third-order valence-electron chi connectivity index (χ3n) is 5.06. The minimum Gasteiger partial charge on any atom is -0.352 e. The monoisotopic (exact) mass is 191 g/mol. The van der Waals surface area contributed by atoms with Crippen molar-refractivity contribution in [1.82, 2.24) is 0 Å². The summed E-state index contributed by atoms with van der Waals surface area (Å²) in [6.07, 6.45) is 1.89. The van der Waals surface area contributed by atoms with Crippen LogP contribution in [0.15, 0.2) is 0 Å². The molecule has 2 saturated carbocycles. The van der Waals surface area contributed by atoms with Gasteiger partial charge in [-0.05, 0) is 12.8 Å².